The van der Waals surface area contributed by atoms with Crippen LogP contribution in [0.15, 0.2) is 30.3 Å². The van der Waals surface area contributed by atoms with Crippen molar-refractivity contribution in [3.63, 3.8) is 0 Å². The van der Waals surface area contributed by atoms with Crippen LogP contribution in [0.3, 0.4) is 0 Å². The van der Waals surface area contributed by atoms with Crippen LogP contribution in [-0.4, -0.2) is 19.3 Å². The molecule has 0 saturated heterocycles. The summed E-state index contributed by atoms with van der Waals surface area (Å²) in [6, 6.07) is 9.59. The number of nitrogens with two attached hydrogens (primary N) is 1. The largest absolute Gasteiger partial charge is 0.379 e. The molecule has 0 aliphatic heterocycles. The van der Waals surface area contributed by atoms with E-state index in [0.29, 0.717) is 13.2 Å². The molecule has 0 radical (unpaired) electrons. The number of hydrogen-bond donors (Lipinski definition) is 1. The number of benzene rings is 1. The minimum atomic E-state index is -0.199. The van der Waals surface area contributed by atoms with E-state index in [-0.39, 0.29) is 6.04 Å². The molecule has 0 bridgehead atoms. The standard InChI is InChI=1S/C12H15NO/c1-2-14-10-12(13)9-8-11-6-4-3-5-7-11/h3-7,12H,2,10,13H2,1H3. The average molecular weight is 189 g/mol. The molecule has 2 heteroatoms. The Labute approximate surface area is 85.1 Å². The van der Waals surface area contributed by atoms with Gasteiger partial charge in [0.25, 0.3) is 0 Å². The van der Waals surface area contributed by atoms with E-state index in [1.165, 1.54) is 0 Å². The zero-order chi connectivity index (χ0) is 10.2. The van der Waals surface area contributed by atoms with E-state index < -0.39 is 0 Å². The smallest absolute Gasteiger partial charge is 0.0905 e. The molecule has 0 fully saturated rings. The van der Waals surface area contributed by atoms with Crippen LogP contribution in [0, 0.1) is 11.8 Å². The lowest BCUT2D eigenvalue weighted by atomic mass is 10.2. The Morgan fingerprint density at radius 1 is 1.36 bits per heavy atom. The topological polar surface area (TPSA) is 35.2 Å². The molecule has 0 heterocycles. The van der Waals surface area contributed by atoms with Gasteiger partial charge in [0.15, 0.2) is 0 Å². The van der Waals surface area contributed by atoms with Crippen LogP contribution in [0.5, 0.6) is 0 Å². The zero-order valence-electron chi connectivity index (χ0n) is 8.36. The lowest BCUT2D eigenvalue weighted by Crippen LogP contribution is -2.24. The number of ether oxygens (including phenoxy) is 1. The molecule has 0 saturated carbocycles. The molecule has 14 heavy (non-hydrogen) atoms. The Kier molecular flexibility index (Phi) is 4.77. The first kappa shape index (κ1) is 10.8. The van der Waals surface area contributed by atoms with E-state index in [1.54, 1.807) is 0 Å². The van der Waals surface area contributed by atoms with Crippen LogP contribution in [0.4, 0.5) is 0 Å². The summed E-state index contributed by atoms with van der Waals surface area (Å²) in [6.45, 7) is 3.12. The van der Waals surface area contributed by atoms with Crippen molar-refractivity contribution < 1.29 is 4.74 Å². The molecular weight excluding hydrogens is 174 g/mol. The summed E-state index contributed by atoms with van der Waals surface area (Å²) in [5.74, 6) is 5.93. The molecular formula is C12H15NO. The second-order valence-electron chi connectivity index (χ2n) is 2.90. The molecule has 1 unspecified atom stereocenters. The van der Waals surface area contributed by atoms with Crippen LogP contribution >= 0.6 is 0 Å². The van der Waals surface area contributed by atoms with Gasteiger partial charge in [-0.25, -0.2) is 0 Å². The molecule has 1 aromatic rings. The Morgan fingerprint density at radius 3 is 2.71 bits per heavy atom. The lowest BCUT2D eigenvalue weighted by Gasteiger charge is -2.02. The summed E-state index contributed by atoms with van der Waals surface area (Å²) in [5.41, 5.74) is 6.69. The SMILES string of the molecule is CCOCC(N)C#Cc1ccccc1. The molecule has 0 amide bonds. The highest BCUT2D eigenvalue weighted by Gasteiger charge is 1.94. The molecule has 1 rings (SSSR count). The first-order valence-corrected chi connectivity index (χ1v) is 4.73. The summed E-state index contributed by atoms with van der Waals surface area (Å²) >= 11 is 0. The third kappa shape index (κ3) is 4.08. The van der Waals surface area contributed by atoms with Gasteiger partial charge in [0, 0.05) is 12.2 Å². The lowest BCUT2D eigenvalue weighted by molar-refractivity contribution is 0.144. The van der Waals surface area contributed by atoms with Crippen LogP contribution in [0.1, 0.15) is 12.5 Å². The zero-order valence-corrected chi connectivity index (χ0v) is 8.36. The van der Waals surface area contributed by atoms with Gasteiger partial charge in [-0.15, -0.1) is 0 Å². The van der Waals surface area contributed by atoms with E-state index in [4.69, 9.17) is 10.5 Å². The minimum absolute atomic E-state index is 0.199. The van der Waals surface area contributed by atoms with Crippen molar-refractivity contribution in [2.24, 2.45) is 5.73 Å². The highest BCUT2D eigenvalue weighted by molar-refractivity contribution is 5.34. The van der Waals surface area contributed by atoms with Gasteiger partial charge in [-0.05, 0) is 19.1 Å². The Bertz CT molecular complexity index is 310. The molecule has 1 atom stereocenters. The third-order valence-electron chi connectivity index (χ3n) is 1.68. The van der Waals surface area contributed by atoms with E-state index in [1.807, 2.05) is 37.3 Å². The third-order valence-corrected chi connectivity index (χ3v) is 1.68. The van der Waals surface area contributed by atoms with Crippen molar-refractivity contribution in [3.05, 3.63) is 35.9 Å². The summed E-state index contributed by atoms with van der Waals surface area (Å²) in [5, 5.41) is 0. The van der Waals surface area contributed by atoms with E-state index in [9.17, 15) is 0 Å². The summed E-state index contributed by atoms with van der Waals surface area (Å²) in [6.07, 6.45) is 0. The molecule has 0 aliphatic rings. The summed E-state index contributed by atoms with van der Waals surface area (Å²) in [4.78, 5) is 0. The maximum atomic E-state index is 5.71. The maximum Gasteiger partial charge on any atom is 0.0905 e. The fourth-order valence-electron chi connectivity index (χ4n) is 0.984. The second-order valence-corrected chi connectivity index (χ2v) is 2.90. The predicted octanol–water partition coefficient (Wildman–Crippen LogP) is 1.40. The van der Waals surface area contributed by atoms with Crippen LogP contribution in [0.25, 0.3) is 0 Å². The Hall–Kier alpha value is -1.30. The highest BCUT2D eigenvalue weighted by atomic mass is 16.5. The van der Waals surface area contributed by atoms with E-state index in [0.717, 1.165) is 5.56 Å². The Morgan fingerprint density at radius 2 is 2.07 bits per heavy atom. The molecule has 1 aromatic carbocycles. The van der Waals surface area contributed by atoms with Crippen molar-refractivity contribution in [3.8, 4) is 11.8 Å². The average Bonchev–Trinajstić information content (AvgIpc) is 2.25. The van der Waals surface area contributed by atoms with Gasteiger partial charge in [-0.3, -0.25) is 0 Å². The highest BCUT2D eigenvalue weighted by Crippen LogP contribution is 1.94. The molecule has 74 valence electrons. The predicted molar refractivity (Wildman–Crippen MR) is 57.8 cm³/mol. The summed E-state index contributed by atoms with van der Waals surface area (Å²) in [7, 11) is 0. The monoisotopic (exact) mass is 189 g/mol. The number of hydrogen-bond acceptors (Lipinski definition) is 2. The second kappa shape index (κ2) is 6.20. The van der Waals surface area contributed by atoms with Gasteiger partial charge in [0.1, 0.15) is 0 Å². The quantitative estimate of drug-likeness (QED) is 0.729. The van der Waals surface area contributed by atoms with Crippen molar-refractivity contribution in [1.82, 2.24) is 0 Å². The van der Waals surface area contributed by atoms with E-state index in [2.05, 4.69) is 11.8 Å². The summed E-state index contributed by atoms with van der Waals surface area (Å²) < 4.78 is 5.16. The van der Waals surface area contributed by atoms with Crippen molar-refractivity contribution >= 4 is 0 Å². The fourth-order valence-corrected chi connectivity index (χ4v) is 0.984. The molecule has 0 spiro atoms. The van der Waals surface area contributed by atoms with Crippen LogP contribution in [0.2, 0.25) is 0 Å². The fraction of sp³-hybridized carbons (Fsp3) is 0.333. The Balaban J connectivity index is 2.47. The first-order valence-electron chi connectivity index (χ1n) is 4.73. The van der Waals surface area contributed by atoms with Gasteiger partial charge >= 0.3 is 0 Å². The van der Waals surface area contributed by atoms with Crippen molar-refractivity contribution in [1.29, 1.82) is 0 Å². The molecule has 2 N–H and O–H groups in total. The van der Waals surface area contributed by atoms with Gasteiger partial charge in [-0.2, -0.15) is 0 Å². The normalized spacial score (nSPS) is 11.6. The van der Waals surface area contributed by atoms with Gasteiger partial charge < -0.3 is 10.5 Å². The molecule has 2 nitrogen and oxygen atoms in total. The first-order chi connectivity index (χ1) is 6.83. The van der Waals surface area contributed by atoms with Gasteiger partial charge in [-0.1, -0.05) is 30.0 Å². The van der Waals surface area contributed by atoms with Crippen molar-refractivity contribution in [2.45, 2.75) is 13.0 Å². The van der Waals surface area contributed by atoms with Crippen LogP contribution in [-0.2, 0) is 4.74 Å². The minimum Gasteiger partial charge on any atom is -0.379 e. The van der Waals surface area contributed by atoms with Gasteiger partial charge in [0.2, 0.25) is 0 Å². The maximum absolute atomic E-state index is 5.71. The molecule has 0 aliphatic carbocycles. The van der Waals surface area contributed by atoms with E-state index >= 15 is 0 Å². The number of rotatable bonds is 3. The van der Waals surface area contributed by atoms with Crippen molar-refractivity contribution in [2.75, 3.05) is 13.2 Å². The van der Waals surface area contributed by atoms with Crippen LogP contribution < -0.4 is 5.73 Å². The molecule has 0 aromatic heterocycles. The van der Waals surface area contributed by atoms with Gasteiger partial charge in [0.05, 0.1) is 12.6 Å².